The lowest BCUT2D eigenvalue weighted by atomic mass is 9.84. The summed E-state index contributed by atoms with van der Waals surface area (Å²) in [5.41, 5.74) is 7.26. The highest BCUT2D eigenvalue weighted by molar-refractivity contribution is 5.94. The number of nitrogens with two attached hydrogens (primary N) is 1. The number of carbonyl (C=O) groups is 2. The Labute approximate surface area is 136 Å². The topological polar surface area (TPSA) is 72.6 Å². The number of ether oxygens (including phenoxy) is 1. The summed E-state index contributed by atoms with van der Waals surface area (Å²) in [7, 11) is 0. The Morgan fingerprint density at radius 2 is 1.78 bits per heavy atom. The van der Waals surface area contributed by atoms with Gasteiger partial charge in [-0.1, -0.05) is 31.4 Å². The van der Waals surface area contributed by atoms with Gasteiger partial charge in [0.25, 0.3) is 5.91 Å². The molecule has 124 valence electrons. The Balaban J connectivity index is 1.66. The van der Waals surface area contributed by atoms with E-state index in [2.05, 4.69) is 12.1 Å². The van der Waals surface area contributed by atoms with Gasteiger partial charge in [-0.3, -0.25) is 9.59 Å². The summed E-state index contributed by atoms with van der Waals surface area (Å²) in [5, 5.41) is 0. The molecule has 1 aliphatic heterocycles. The summed E-state index contributed by atoms with van der Waals surface area (Å²) >= 11 is 0. The zero-order valence-corrected chi connectivity index (χ0v) is 13.4. The molecule has 2 N–H and O–H groups in total. The highest BCUT2D eigenvalue weighted by Gasteiger charge is 2.28. The van der Waals surface area contributed by atoms with Crippen molar-refractivity contribution in [3.05, 3.63) is 35.4 Å². The second-order valence-corrected chi connectivity index (χ2v) is 6.47. The van der Waals surface area contributed by atoms with Crippen molar-refractivity contribution in [3.8, 4) is 0 Å². The van der Waals surface area contributed by atoms with Gasteiger partial charge in [0.2, 0.25) is 5.91 Å². The van der Waals surface area contributed by atoms with E-state index in [1.165, 1.54) is 37.7 Å². The maximum absolute atomic E-state index is 12.6. The molecule has 5 nitrogen and oxygen atoms in total. The molecule has 1 aromatic rings. The number of carbonyl (C=O) groups excluding carboxylic acids is 2. The quantitative estimate of drug-likeness (QED) is 0.927. The molecule has 2 aliphatic rings. The minimum atomic E-state index is -0.700. The minimum Gasteiger partial charge on any atom is -0.367 e. The van der Waals surface area contributed by atoms with Crippen LogP contribution >= 0.6 is 0 Å². The van der Waals surface area contributed by atoms with Crippen molar-refractivity contribution in [2.75, 3.05) is 19.7 Å². The van der Waals surface area contributed by atoms with Gasteiger partial charge in [0.1, 0.15) is 0 Å². The SMILES string of the molecule is NC(=O)C1CN(C(=O)c2ccc(C3CCCCC3)cc2)CCO1. The van der Waals surface area contributed by atoms with E-state index in [-0.39, 0.29) is 12.5 Å². The van der Waals surface area contributed by atoms with Crippen LogP contribution in [0.2, 0.25) is 0 Å². The summed E-state index contributed by atoms with van der Waals surface area (Å²) in [6.07, 6.45) is 5.73. The fraction of sp³-hybridized carbons (Fsp3) is 0.556. The van der Waals surface area contributed by atoms with Crippen LogP contribution in [-0.4, -0.2) is 42.5 Å². The molecule has 0 spiro atoms. The van der Waals surface area contributed by atoms with Crippen LogP contribution in [0.25, 0.3) is 0 Å². The van der Waals surface area contributed by atoms with Crippen LogP contribution in [0.15, 0.2) is 24.3 Å². The average Bonchev–Trinajstić information content (AvgIpc) is 2.62. The molecule has 1 saturated carbocycles. The van der Waals surface area contributed by atoms with Crippen LogP contribution in [0.4, 0.5) is 0 Å². The molecule has 23 heavy (non-hydrogen) atoms. The molecule has 1 unspecified atom stereocenters. The van der Waals surface area contributed by atoms with Crippen LogP contribution < -0.4 is 5.73 Å². The molecule has 1 saturated heterocycles. The van der Waals surface area contributed by atoms with Crippen LogP contribution in [0.3, 0.4) is 0 Å². The molecule has 2 fully saturated rings. The van der Waals surface area contributed by atoms with Crippen LogP contribution in [0.5, 0.6) is 0 Å². The standard InChI is InChI=1S/C18H24N2O3/c19-17(21)16-12-20(10-11-23-16)18(22)15-8-6-14(7-9-15)13-4-2-1-3-5-13/h6-9,13,16H,1-5,10-12H2,(H2,19,21). The Kier molecular flexibility index (Phi) is 4.96. The molecule has 3 rings (SSSR count). The van der Waals surface area contributed by atoms with Crippen molar-refractivity contribution in [3.63, 3.8) is 0 Å². The summed E-state index contributed by atoms with van der Waals surface area (Å²) in [5.74, 6) is 0.0559. The zero-order valence-electron chi connectivity index (χ0n) is 13.4. The van der Waals surface area contributed by atoms with Crippen LogP contribution in [0, 0.1) is 0 Å². The largest absolute Gasteiger partial charge is 0.367 e. The van der Waals surface area contributed by atoms with Crippen molar-refractivity contribution in [1.82, 2.24) is 4.90 Å². The molecule has 5 heteroatoms. The number of rotatable bonds is 3. The van der Waals surface area contributed by atoms with Gasteiger partial charge in [-0.2, -0.15) is 0 Å². The highest BCUT2D eigenvalue weighted by atomic mass is 16.5. The molecule has 0 bridgehead atoms. The maximum Gasteiger partial charge on any atom is 0.254 e. The monoisotopic (exact) mass is 316 g/mol. The number of morpholine rings is 1. The third-order valence-electron chi connectivity index (χ3n) is 4.91. The van der Waals surface area contributed by atoms with Crippen molar-refractivity contribution >= 4 is 11.8 Å². The van der Waals surface area contributed by atoms with E-state index in [9.17, 15) is 9.59 Å². The average molecular weight is 316 g/mol. The second kappa shape index (κ2) is 7.13. The van der Waals surface area contributed by atoms with Gasteiger partial charge in [-0.05, 0) is 36.5 Å². The van der Waals surface area contributed by atoms with Crippen molar-refractivity contribution in [2.45, 2.75) is 44.1 Å². The van der Waals surface area contributed by atoms with E-state index in [4.69, 9.17) is 10.5 Å². The molecular weight excluding hydrogens is 292 g/mol. The molecule has 0 radical (unpaired) electrons. The fourth-order valence-electron chi connectivity index (χ4n) is 3.52. The first kappa shape index (κ1) is 16.0. The van der Waals surface area contributed by atoms with Crippen LogP contribution in [-0.2, 0) is 9.53 Å². The molecular formula is C18H24N2O3. The summed E-state index contributed by atoms with van der Waals surface area (Å²) < 4.78 is 5.29. The molecule has 2 amide bonds. The predicted molar refractivity (Wildman–Crippen MR) is 87.1 cm³/mol. The molecule has 1 heterocycles. The third-order valence-corrected chi connectivity index (χ3v) is 4.91. The summed E-state index contributed by atoms with van der Waals surface area (Å²) in [4.78, 5) is 25.5. The number of nitrogens with zero attached hydrogens (tertiary/aromatic N) is 1. The van der Waals surface area contributed by atoms with Gasteiger partial charge in [-0.25, -0.2) is 0 Å². The van der Waals surface area contributed by atoms with Crippen molar-refractivity contribution in [2.24, 2.45) is 5.73 Å². The summed E-state index contributed by atoms with van der Waals surface area (Å²) in [6, 6.07) is 7.96. The van der Waals surface area contributed by atoms with E-state index in [0.29, 0.717) is 24.6 Å². The predicted octanol–water partition coefficient (Wildman–Crippen LogP) is 2.06. The number of amides is 2. The van der Waals surface area contributed by atoms with Crippen LogP contribution in [0.1, 0.15) is 53.9 Å². The van der Waals surface area contributed by atoms with Gasteiger partial charge >= 0.3 is 0 Å². The van der Waals surface area contributed by atoms with E-state index >= 15 is 0 Å². The molecule has 1 atom stereocenters. The lowest BCUT2D eigenvalue weighted by molar-refractivity contribution is -0.133. The lowest BCUT2D eigenvalue weighted by Gasteiger charge is -2.31. The number of hydrogen-bond donors (Lipinski definition) is 1. The van der Waals surface area contributed by atoms with E-state index in [0.717, 1.165) is 0 Å². The first-order valence-corrected chi connectivity index (χ1v) is 8.45. The van der Waals surface area contributed by atoms with Crippen molar-refractivity contribution in [1.29, 1.82) is 0 Å². The fourth-order valence-corrected chi connectivity index (χ4v) is 3.52. The minimum absolute atomic E-state index is 0.0604. The summed E-state index contributed by atoms with van der Waals surface area (Å²) in [6.45, 7) is 1.07. The van der Waals surface area contributed by atoms with Gasteiger partial charge in [0, 0.05) is 12.1 Å². The van der Waals surface area contributed by atoms with E-state index < -0.39 is 12.0 Å². The van der Waals surface area contributed by atoms with Gasteiger partial charge in [-0.15, -0.1) is 0 Å². The maximum atomic E-state index is 12.6. The highest BCUT2D eigenvalue weighted by Crippen LogP contribution is 2.32. The normalized spacial score (nSPS) is 22.8. The molecule has 1 aliphatic carbocycles. The van der Waals surface area contributed by atoms with Gasteiger partial charge in [0.05, 0.1) is 13.2 Å². The number of primary amides is 1. The van der Waals surface area contributed by atoms with E-state index in [1.54, 1.807) is 4.90 Å². The molecule has 0 aromatic heterocycles. The Morgan fingerprint density at radius 1 is 1.09 bits per heavy atom. The Morgan fingerprint density at radius 3 is 2.43 bits per heavy atom. The first-order chi connectivity index (χ1) is 11.1. The smallest absolute Gasteiger partial charge is 0.254 e. The first-order valence-electron chi connectivity index (χ1n) is 8.45. The van der Waals surface area contributed by atoms with E-state index in [1.807, 2.05) is 12.1 Å². The van der Waals surface area contributed by atoms with Gasteiger partial charge in [0.15, 0.2) is 6.10 Å². The van der Waals surface area contributed by atoms with Crippen molar-refractivity contribution < 1.29 is 14.3 Å². The lowest BCUT2D eigenvalue weighted by Crippen LogP contribution is -2.50. The molecule has 1 aromatic carbocycles. The Hall–Kier alpha value is -1.88. The number of hydrogen-bond acceptors (Lipinski definition) is 3. The van der Waals surface area contributed by atoms with Gasteiger partial charge < -0.3 is 15.4 Å². The zero-order chi connectivity index (χ0) is 16.2. The number of benzene rings is 1. The third kappa shape index (κ3) is 3.72. The second-order valence-electron chi connectivity index (χ2n) is 6.47. The Bertz CT molecular complexity index is 564.